The molecule has 1 aliphatic rings. The maximum Gasteiger partial charge on any atom is 0.227 e. The van der Waals surface area contributed by atoms with Gasteiger partial charge in [0.15, 0.2) is 5.96 Å². The van der Waals surface area contributed by atoms with Crippen LogP contribution in [0.2, 0.25) is 0 Å². The monoisotopic (exact) mass is 509 g/mol. The summed E-state index contributed by atoms with van der Waals surface area (Å²) in [4.78, 5) is 22.5. The van der Waals surface area contributed by atoms with Crippen LogP contribution in [0.4, 0.5) is 5.69 Å². The van der Waals surface area contributed by atoms with Gasteiger partial charge in [-0.2, -0.15) is 0 Å². The summed E-state index contributed by atoms with van der Waals surface area (Å²) in [5.41, 5.74) is 3.11. The van der Waals surface area contributed by atoms with E-state index in [1.165, 1.54) is 0 Å². The van der Waals surface area contributed by atoms with Crippen molar-refractivity contribution in [2.45, 2.75) is 32.9 Å². The lowest BCUT2D eigenvalue weighted by Gasteiger charge is -2.16. The number of ether oxygens (including phenoxy) is 1. The highest BCUT2D eigenvalue weighted by molar-refractivity contribution is 14.0. The van der Waals surface area contributed by atoms with E-state index in [4.69, 9.17) is 4.74 Å². The number of methoxy groups -OCH3 is 1. The molecule has 2 N–H and O–H groups in total. The molecule has 0 unspecified atom stereocenters. The van der Waals surface area contributed by atoms with Gasteiger partial charge >= 0.3 is 0 Å². The molecule has 7 nitrogen and oxygen atoms in total. The zero-order chi connectivity index (χ0) is 19.8. The first-order valence-electron chi connectivity index (χ1n) is 9.60. The van der Waals surface area contributed by atoms with Crippen LogP contribution in [0.5, 0.6) is 5.88 Å². The third kappa shape index (κ3) is 6.59. The predicted molar refractivity (Wildman–Crippen MR) is 126 cm³/mol. The highest BCUT2D eigenvalue weighted by Crippen LogP contribution is 2.21. The average Bonchev–Trinajstić information content (AvgIpc) is 3.16. The number of rotatable bonds is 7. The van der Waals surface area contributed by atoms with Gasteiger partial charge in [-0.05, 0) is 36.6 Å². The molecule has 0 aliphatic carbocycles. The molecule has 2 heterocycles. The molecule has 0 atom stereocenters. The molecule has 2 aromatic rings. The van der Waals surface area contributed by atoms with E-state index in [2.05, 4.69) is 20.6 Å². The van der Waals surface area contributed by atoms with Gasteiger partial charge in [0.25, 0.3) is 0 Å². The van der Waals surface area contributed by atoms with Crippen molar-refractivity contribution < 1.29 is 9.53 Å². The van der Waals surface area contributed by atoms with E-state index < -0.39 is 0 Å². The maximum absolute atomic E-state index is 11.8. The lowest BCUT2D eigenvalue weighted by Crippen LogP contribution is -2.36. The van der Waals surface area contributed by atoms with Crippen LogP contribution in [0.15, 0.2) is 47.6 Å². The number of aromatic nitrogens is 1. The van der Waals surface area contributed by atoms with Gasteiger partial charge in [-0.25, -0.2) is 9.98 Å². The average molecular weight is 509 g/mol. The van der Waals surface area contributed by atoms with E-state index in [9.17, 15) is 4.79 Å². The molecule has 1 aromatic carbocycles. The molecular weight excluding hydrogens is 481 g/mol. The van der Waals surface area contributed by atoms with Crippen LogP contribution in [-0.4, -0.2) is 37.1 Å². The number of hydrogen-bond acceptors (Lipinski definition) is 4. The minimum Gasteiger partial charge on any atom is -0.481 e. The number of carbonyl (C=O) groups is 1. The van der Waals surface area contributed by atoms with Crippen LogP contribution in [0.1, 0.15) is 30.9 Å². The molecule has 0 bridgehead atoms. The number of amides is 1. The Morgan fingerprint density at radius 2 is 1.93 bits per heavy atom. The number of nitrogens with one attached hydrogen (secondary N) is 2. The molecule has 1 aromatic heterocycles. The fourth-order valence-corrected chi connectivity index (χ4v) is 3.04. The summed E-state index contributed by atoms with van der Waals surface area (Å²) in [5.74, 6) is 1.55. The molecular formula is C21H28IN5O2. The number of guanidine groups is 1. The van der Waals surface area contributed by atoms with Crippen molar-refractivity contribution in [3.8, 4) is 5.88 Å². The van der Waals surface area contributed by atoms with Crippen LogP contribution in [0.25, 0.3) is 0 Å². The van der Waals surface area contributed by atoms with Crippen molar-refractivity contribution in [1.82, 2.24) is 15.6 Å². The van der Waals surface area contributed by atoms with Crippen LogP contribution in [-0.2, 0) is 17.9 Å². The lowest BCUT2D eigenvalue weighted by molar-refractivity contribution is -0.117. The third-order valence-corrected chi connectivity index (χ3v) is 4.55. The molecule has 8 heteroatoms. The van der Waals surface area contributed by atoms with Gasteiger partial charge in [-0.15, -0.1) is 24.0 Å². The molecule has 3 rings (SSSR count). The number of pyridine rings is 1. The largest absolute Gasteiger partial charge is 0.481 e. The van der Waals surface area contributed by atoms with Crippen LogP contribution in [0.3, 0.4) is 0 Å². The first-order valence-corrected chi connectivity index (χ1v) is 9.60. The summed E-state index contributed by atoms with van der Waals surface area (Å²) >= 11 is 0. The first kappa shape index (κ1) is 22.9. The number of carbonyl (C=O) groups excluding carboxylic acids is 1. The molecule has 156 valence electrons. The summed E-state index contributed by atoms with van der Waals surface area (Å²) in [6.07, 6.45) is 3.36. The molecule has 1 aliphatic heterocycles. The van der Waals surface area contributed by atoms with E-state index in [1.807, 2.05) is 48.2 Å². The second-order valence-electron chi connectivity index (χ2n) is 6.57. The Morgan fingerprint density at radius 3 is 2.52 bits per heavy atom. The Kier molecular flexibility index (Phi) is 9.17. The van der Waals surface area contributed by atoms with Crippen molar-refractivity contribution in [3.05, 3.63) is 53.7 Å². The fraction of sp³-hybridized carbons (Fsp3) is 0.381. The van der Waals surface area contributed by atoms with E-state index in [0.29, 0.717) is 25.4 Å². The quantitative estimate of drug-likeness (QED) is 0.341. The summed E-state index contributed by atoms with van der Waals surface area (Å²) in [6.45, 7) is 4.81. The second-order valence-corrected chi connectivity index (χ2v) is 6.57. The van der Waals surface area contributed by atoms with Crippen molar-refractivity contribution in [2.75, 3.05) is 25.1 Å². The number of nitrogens with zero attached hydrogens (tertiary/aromatic N) is 3. The molecule has 1 saturated heterocycles. The summed E-state index contributed by atoms with van der Waals surface area (Å²) < 4.78 is 5.07. The Morgan fingerprint density at radius 1 is 1.17 bits per heavy atom. The molecule has 1 amide bonds. The highest BCUT2D eigenvalue weighted by atomic mass is 127. The van der Waals surface area contributed by atoms with Gasteiger partial charge in [0.1, 0.15) is 0 Å². The molecule has 1 fully saturated rings. The summed E-state index contributed by atoms with van der Waals surface area (Å²) in [5, 5.41) is 6.59. The zero-order valence-electron chi connectivity index (χ0n) is 16.9. The predicted octanol–water partition coefficient (Wildman–Crippen LogP) is 3.09. The number of aliphatic imine (C=N–C) groups is 1. The highest BCUT2D eigenvalue weighted by Gasteiger charge is 2.21. The molecule has 0 radical (unpaired) electrons. The smallest absolute Gasteiger partial charge is 0.227 e. The van der Waals surface area contributed by atoms with Crippen LogP contribution >= 0.6 is 24.0 Å². The van der Waals surface area contributed by atoms with Gasteiger partial charge in [0.05, 0.1) is 13.7 Å². The Labute approximate surface area is 189 Å². The van der Waals surface area contributed by atoms with Crippen molar-refractivity contribution in [2.24, 2.45) is 4.99 Å². The fourth-order valence-electron chi connectivity index (χ4n) is 3.04. The lowest BCUT2D eigenvalue weighted by atomic mass is 10.2. The second kappa shape index (κ2) is 11.6. The maximum atomic E-state index is 11.8. The third-order valence-electron chi connectivity index (χ3n) is 4.55. The SMILES string of the molecule is CCNC(=NCc1ccc(OC)nc1)NCc1ccc(N2CCCC2=O)cc1.I. The summed E-state index contributed by atoms with van der Waals surface area (Å²) in [6, 6.07) is 11.9. The van der Waals surface area contributed by atoms with Gasteiger partial charge in [0.2, 0.25) is 11.8 Å². The molecule has 0 saturated carbocycles. The molecule has 29 heavy (non-hydrogen) atoms. The normalized spacial score (nSPS) is 13.8. The van der Waals surface area contributed by atoms with Crippen LogP contribution in [0, 0.1) is 0 Å². The van der Waals surface area contributed by atoms with E-state index in [1.54, 1.807) is 13.3 Å². The zero-order valence-corrected chi connectivity index (χ0v) is 19.2. The minimum absolute atomic E-state index is 0. The standard InChI is InChI=1S/C21H27N5O2.HI/c1-3-22-21(25-15-17-8-11-19(28-2)23-14-17)24-13-16-6-9-18(10-7-16)26-12-4-5-20(26)27;/h6-11,14H,3-5,12-13,15H2,1-2H3,(H2,22,24,25);1H. The van der Waals surface area contributed by atoms with E-state index in [-0.39, 0.29) is 29.9 Å². The van der Waals surface area contributed by atoms with Crippen molar-refractivity contribution >= 4 is 41.5 Å². The van der Waals surface area contributed by atoms with Gasteiger partial charge in [-0.3, -0.25) is 4.79 Å². The Bertz CT molecular complexity index is 809. The van der Waals surface area contributed by atoms with E-state index in [0.717, 1.165) is 42.3 Å². The minimum atomic E-state index is 0. The van der Waals surface area contributed by atoms with Gasteiger partial charge in [0, 0.05) is 44.0 Å². The Balaban J connectivity index is 0.00000300. The first-order chi connectivity index (χ1) is 13.7. The summed E-state index contributed by atoms with van der Waals surface area (Å²) in [7, 11) is 1.60. The Hall–Kier alpha value is -2.36. The number of hydrogen-bond donors (Lipinski definition) is 2. The number of halogens is 1. The molecule has 0 spiro atoms. The topological polar surface area (TPSA) is 78.9 Å². The number of anilines is 1. The number of benzene rings is 1. The van der Waals surface area contributed by atoms with Crippen molar-refractivity contribution in [3.63, 3.8) is 0 Å². The van der Waals surface area contributed by atoms with Gasteiger partial charge in [-0.1, -0.05) is 18.2 Å². The van der Waals surface area contributed by atoms with Gasteiger partial charge < -0.3 is 20.3 Å². The van der Waals surface area contributed by atoms with E-state index >= 15 is 0 Å². The van der Waals surface area contributed by atoms with Crippen LogP contribution < -0.4 is 20.3 Å². The van der Waals surface area contributed by atoms with Crippen molar-refractivity contribution in [1.29, 1.82) is 0 Å².